The Morgan fingerprint density at radius 1 is 1.05 bits per heavy atom. The van der Waals surface area contributed by atoms with Gasteiger partial charge in [-0.15, -0.1) is 0 Å². The lowest BCUT2D eigenvalue weighted by atomic mass is 9.94. The summed E-state index contributed by atoms with van der Waals surface area (Å²) in [6, 6.07) is 5.97. The summed E-state index contributed by atoms with van der Waals surface area (Å²) in [5.74, 6) is -3.74. The summed E-state index contributed by atoms with van der Waals surface area (Å²) in [7, 11) is 0. The average molecular weight is 286 g/mol. The maximum Gasteiger partial charge on any atom is 0.403 e. The van der Waals surface area contributed by atoms with Crippen LogP contribution in [0.25, 0.3) is 0 Å². The molecule has 1 rings (SSSR count). The van der Waals surface area contributed by atoms with Gasteiger partial charge in [-0.3, -0.25) is 0 Å². The topological polar surface area (TPSA) is 20.2 Å². The summed E-state index contributed by atoms with van der Waals surface area (Å²) in [5, 5.41) is 9.28. The van der Waals surface area contributed by atoms with E-state index >= 15 is 0 Å². The number of hydrogen-bond donors (Lipinski definition) is 1. The third-order valence-corrected chi connectivity index (χ3v) is 2.62. The van der Waals surface area contributed by atoms with E-state index in [1.54, 1.807) is 13.0 Å². The Morgan fingerprint density at radius 2 is 1.58 bits per heavy atom. The second-order valence-electron chi connectivity index (χ2n) is 4.32. The molecule has 1 nitrogen and oxygen atoms in total. The predicted molar refractivity (Wildman–Crippen MR) is 56.5 cm³/mol. The Morgan fingerprint density at radius 3 is 2.00 bits per heavy atom. The number of rotatable bonds is 3. The highest BCUT2D eigenvalue weighted by molar-refractivity contribution is 5.23. The molecule has 1 N–H and O–H groups in total. The first-order chi connectivity index (χ1) is 8.51. The lowest BCUT2D eigenvalue weighted by Crippen LogP contribution is -2.45. The van der Waals surface area contributed by atoms with Gasteiger partial charge in [-0.1, -0.05) is 29.8 Å². The maximum absolute atomic E-state index is 12.4. The molecule has 0 aliphatic carbocycles. The molecule has 0 heterocycles. The Balaban J connectivity index is 2.93. The lowest BCUT2D eigenvalue weighted by molar-refractivity contribution is -0.305. The monoisotopic (exact) mass is 286 g/mol. The van der Waals surface area contributed by atoms with Crippen LogP contribution < -0.4 is 0 Å². The van der Waals surface area contributed by atoms with Gasteiger partial charge in [0.1, 0.15) is 0 Å². The number of benzene rings is 1. The first kappa shape index (κ1) is 15.8. The van der Waals surface area contributed by atoms with Gasteiger partial charge in [0, 0.05) is 0 Å². The number of alkyl halides is 6. The minimum absolute atomic E-state index is 0.228. The number of halogens is 6. The zero-order valence-electron chi connectivity index (χ0n) is 9.89. The van der Waals surface area contributed by atoms with Crippen LogP contribution in [0.1, 0.15) is 11.1 Å². The molecular weight excluding hydrogens is 274 g/mol. The highest BCUT2D eigenvalue weighted by atomic mass is 19.4. The summed E-state index contributed by atoms with van der Waals surface area (Å²) in [4.78, 5) is 0. The normalized spacial score (nSPS) is 14.8. The van der Waals surface area contributed by atoms with Crippen LogP contribution in [-0.4, -0.2) is 23.6 Å². The van der Waals surface area contributed by atoms with Gasteiger partial charge >= 0.3 is 12.4 Å². The Labute approximate surface area is 105 Å². The van der Waals surface area contributed by atoms with Crippen LogP contribution in [0.3, 0.4) is 0 Å². The van der Waals surface area contributed by atoms with Crippen molar-refractivity contribution >= 4 is 0 Å². The van der Waals surface area contributed by atoms with Crippen LogP contribution in [0.4, 0.5) is 26.3 Å². The van der Waals surface area contributed by atoms with Crippen molar-refractivity contribution < 1.29 is 31.4 Å². The Bertz CT molecular complexity index is 409. The van der Waals surface area contributed by atoms with Crippen molar-refractivity contribution in [3.63, 3.8) is 0 Å². The Hall–Kier alpha value is -1.24. The van der Waals surface area contributed by atoms with Crippen molar-refractivity contribution in [3.05, 3.63) is 35.4 Å². The zero-order chi connectivity index (χ0) is 14.8. The summed E-state index contributed by atoms with van der Waals surface area (Å²) in [6.45, 7) is 1.65. The molecule has 0 aromatic heterocycles. The SMILES string of the molecule is Cc1cccc(CC(O)C(C(F)(F)F)C(F)(F)F)c1. The summed E-state index contributed by atoms with van der Waals surface area (Å²) in [6.07, 6.45) is -14.3. The van der Waals surface area contributed by atoms with Crippen molar-refractivity contribution in [2.24, 2.45) is 5.92 Å². The number of aliphatic hydroxyl groups excluding tert-OH is 1. The molecule has 0 aliphatic heterocycles. The first-order valence-electron chi connectivity index (χ1n) is 5.39. The van der Waals surface area contributed by atoms with Gasteiger partial charge in [-0.2, -0.15) is 26.3 Å². The van der Waals surface area contributed by atoms with Crippen LogP contribution in [0.5, 0.6) is 0 Å². The van der Waals surface area contributed by atoms with E-state index in [4.69, 9.17) is 0 Å². The van der Waals surface area contributed by atoms with Gasteiger partial charge in [0.25, 0.3) is 0 Å². The Kier molecular flexibility index (Phi) is 4.50. The van der Waals surface area contributed by atoms with Crippen molar-refractivity contribution in [2.45, 2.75) is 31.8 Å². The van der Waals surface area contributed by atoms with E-state index < -0.39 is 30.8 Å². The molecule has 0 radical (unpaired) electrons. The highest BCUT2D eigenvalue weighted by Gasteiger charge is 2.59. The molecule has 0 spiro atoms. The van der Waals surface area contributed by atoms with Crippen molar-refractivity contribution in [1.82, 2.24) is 0 Å². The van der Waals surface area contributed by atoms with Gasteiger partial charge in [-0.05, 0) is 18.9 Å². The summed E-state index contributed by atoms with van der Waals surface area (Å²) < 4.78 is 74.2. The van der Waals surface area contributed by atoms with E-state index in [9.17, 15) is 31.4 Å². The fraction of sp³-hybridized carbons (Fsp3) is 0.500. The van der Waals surface area contributed by atoms with Crippen molar-refractivity contribution in [3.8, 4) is 0 Å². The molecule has 0 bridgehead atoms. The van der Waals surface area contributed by atoms with E-state index in [0.29, 0.717) is 5.56 Å². The van der Waals surface area contributed by atoms with Gasteiger partial charge in [0.2, 0.25) is 0 Å². The minimum Gasteiger partial charge on any atom is -0.392 e. The quantitative estimate of drug-likeness (QED) is 0.841. The third kappa shape index (κ3) is 4.41. The van der Waals surface area contributed by atoms with Gasteiger partial charge in [0.05, 0.1) is 6.10 Å². The molecule has 0 amide bonds. The van der Waals surface area contributed by atoms with Gasteiger partial charge < -0.3 is 5.11 Å². The highest BCUT2D eigenvalue weighted by Crippen LogP contribution is 2.42. The molecule has 0 saturated carbocycles. The third-order valence-electron chi connectivity index (χ3n) is 2.62. The van der Waals surface area contributed by atoms with E-state index in [1.807, 2.05) is 0 Å². The molecule has 7 heteroatoms. The van der Waals surface area contributed by atoms with Gasteiger partial charge in [-0.25, -0.2) is 0 Å². The maximum atomic E-state index is 12.4. The molecular formula is C12H12F6O. The smallest absolute Gasteiger partial charge is 0.392 e. The molecule has 0 fully saturated rings. The number of hydrogen-bond acceptors (Lipinski definition) is 1. The molecule has 1 aromatic carbocycles. The second-order valence-corrected chi connectivity index (χ2v) is 4.32. The van der Waals surface area contributed by atoms with Crippen LogP contribution in [0.15, 0.2) is 24.3 Å². The zero-order valence-corrected chi connectivity index (χ0v) is 9.89. The van der Waals surface area contributed by atoms with E-state index in [-0.39, 0.29) is 5.56 Å². The van der Waals surface area contributed by atoms with E-state index in [1.165, 1.54) is 18.2 Å². The number of aryl methyl sites for hydroxylation is 1. The summed E-state index contributed by atoms with van der Waals surface area (Å²) in [5.41, 5.74) is 0.922. The summed E-state index contributed by atoms with van der Waals surface area (Å²) >= 11 is 0. The minimum atomic E-state index is -5.53. The predicted octanol–water partition coefficient (Wildman–Crippen LogP) is 3.64. The molecule has 1 aromatic rings. The van der Waals surface area contributed by atoms with E-state index in [0.717, 1.165) is 0 Å². The largest absolute Gasteiger partial charge is 0.403 e. The lowest BCUT2D eigenvalue weighted by Gasteiger charge is -2.27. The van der Waals surface area contributed by atoms with Crippen LogP contribution in [-0.2, 0) is 6.42 Å². The van der Waals surface area contributed by atoms with E-state index in [2.05, 4.69) is 0 Å². The van der Waals surface area contributed by atoms with Crippen LogP contribution >= 0.6 is 0 Å². The molecule has 1 unspecified atom stereocenters. The van der Waals surface area contributed by atoms with Gasteiger partial charge in [0.15, 0.2) is 5.92 Å². The molecule has 0 aliphatic rings. The second kappa shape index (κ2) is 5.40. The molecule has 1 atom stereocenters. The first-order valence-corrected chi connectivity index (χ1v) is 5.39. The molecule has 0 saturated heterocycles. The van der Waals surface area contributed by atoms with Crippen molar-refractivity contribution in [1.29, 1.82) is 0 Å². The van der Waals surface area contributed by atoms with Crippen LogP contribution in [0.2, 0.25) is 0 Å². The van der Waals surface area contributed by atoms with Crippen LogP contribution in [0, 0.1) is 12.8 Å². The fourth-order valence-electron chi connectivity index (χ4n) is 1.82. The fourth-order valence-corrected chi connectivity index (χ4v) is 1.82. The number of aliphatic hydroxyl groups is 1. The molecule has 19 heavy (non-hydrogen) atoms. The van der Waals surface area contributed by atoms with Crippen molar-refractivity contribution in [2.75, 3.05) is 0 Å². The molecule has 108 valence electrons. The standard InChI is InChI=1S/C12H12F6O/c1-7-3-2-4-8(5-7)6-9(19)10(11(13,14)15)12(16,17)18/h2-5,9-10,19H,6H2,1H3. The average Bonchev–Trinajstić information content (AvgIpc) is 2.11.